The Bertz CT molecular complexity index is 437. The second-order valence-electron chi connectivity index (χ2n) is 2.93. The third kappa shape index (κ3) is 1.38. The maximum absolute atomic E-state index is 4.41. The Hall–Kier alpha value is -1.15. The van der Waals surface area contributed by atoms with Crippen LogP contribution < -0.4 is 5.32 Å². The molecule has 0 amide bonds. The van der Waals surface area contributed by atoms with Gasteiger partial charge in [0.15, 0.2) is 0 Å². The quantitative estimate of drug-likeness (QED) is 0.657. The van der Waals surface area contributed by atoms with Gasteiger partial charge in [-0.3, -0.25) is 0 Å². The molecule has 0 saturated heterocycles. The first kappa shape index (κ1) is 8.45. The van der Waals surface area contributed by atoms with Crippen molar-refractivity contribution < 1.29 is 0 Å². The second kappa shape index (κ2) is 3.30. The molecule has 2 aromatic carbocycles. The molecule has 66 valence electrons. The van der Waals surface area contributed by atoms with Crippen LogP contribution in [0, 0.1) is 0 Å². The molecular weight excluding hydrogens is 178 g/mol. The minimum atomic E-state index is 1.02. The van der Waals surface area contributed by atoms with Gasteiger partial charge in [0.1, 0.15) is 0 Å². The SMILES string of the molecule is CNc1cccc2c(S)cccc12. The molecule has 0 aromatic heterocycles. The fourth-order valence-electron chi connectivity index (χ4n) is 1.51. The number of hydrogen-bond acceptors (Lipinski definition) is 2. The molecule has 0 aliphatic rings. The van der Waals surface area contributed by atoms with Gasteiger partial charge in [0.25, 0.3) is 0 Å². The van der Waals surface area contributed by atoms with E-state index in [1.165, 1.54) is 10.8 Å². The third-order valence-corrected chi connectivity index (χ3v) is 2.56. The van der Waals surface area contributed by atoms with E-state index in [1.54, 1.807) is 0 Å². The van der Waals surface area contributed by atoms with E-state index >= 15 is 0 Å². The Morgan fingerprint density at radius 3 is 2.46 bits per heavy atom. The number of hydrogen-bond donors (Lipinski definition) is 2. The van der Waals surface area contributed by atoms with E-state index in [2.05, 4.69) is 36.1 Å². The molecule has 1 N–H and O–H groups in total. The summed E-state index contributed by atoms with van der Waals surface area (Å²) >= 11 is 4.41. The summed E-state index contributed by atoms with van der Waals surface area (Å²) in [5, 5.41) is 5.58. The van der Waals surface area contributed by atoms with Gasteiger partial charge in [0, 0.05) is 23.0 Å². The van der Waals surface area contributed by atoms with Crippen LogP contribution in [0.3, 0.4) is 0 Å². The van der Waals surface area contributed by atoms with Crippen LogP contribution in [0.4, 0.5) is 5.69 Å². The minimum Gasteiger partial charge on any atom is -0.388 e. The van der Waals surface area contributed by atoms with E-state index < -0.39 is 0 Å². The molecule has 0 spiro atoms. The number of rotatable bonds is 1. The highest BCUT2D eigenvalue weighted by Gasteiger charge is 1.99. The van der Waals surface area contributed by atoms with Crippen molar-refractivity contribution >= 4 is 29.1 Å². The van der Waals surface area contributed by atoms with Gasteiger partial charge < -0.3 is 5.32 Å². The van der Waals surface area contributed by atoms with Crippen molar-refractivity contribution in [2.45, 2.75) is 4.90 Å². The summed E-state index contributed by atoms with van der Waals surface area (Å²) in [6, 6.07) is 12.3. The first-order chi connectivity index (χ1) is 6.33. The Balaban J connectivity index is 2.84. The van der Waals surface area contributed by atoms with Crippen LogP contribution in [0.25, 0.3) is 10.8 Å². The van der Waals surface area contributed by atoms with Crippen molar-refractivity contribution in [3.8, 4) is 0 Å². The van der Waals surface area contributed by atoms with Gasteiger partial charge >= 0.3 is 0 Å². The van der Waals surface area contributed by atoms with Crippen LogP contribution >= 0.6 is 12.6 Å². The van der Waals surface area contributed by atoms with Gasteiger partial charge in [-0.25, -0.2) is 0 Å². The number of nitrogens with one attached hydrogen (secondary N) is 1. The molecule has 0 unspecified atom stereocenters. The van der Waals surface area contributed by atoms with Crippen LogP contribution in [0.1, 0.15) is 0 Å². The van der Waals surface area contributed by atoms with E-state index in [0.717, 1.165) is 10.6 Å². The van der Waals surface area contributed by atoms with Crippen molar-refractivity contribution in [3.05, 3.63) is 36.4 Å². The number of thiol groups is 1. The van der Waals surface area contributed by atoms with Gasteiger partial charge in [0.2, 0.25) is 0 Å². The number of fused-ring (bicyclic) bond motifs is 1. The molecule has 0 saturated carbocycles. The van der Waals surface area contributed by atoms with Gasteiger partial charge in [-0.1, -0.05) is 24.3 Å². The van der Waals surface area contributed by atoms with E-state index in [1.807, 2.05) is 25.2 Å². The summed E-state index contributed by atoms with van der Waals surface area (Å²) in [4.78, 5) is 1.02. The third-order valence-electron chi connectivity index (χ3n) is 2.17. The Labute approximate surface area is 83.2 Å². The maximum Gasteiger partial charge on any atom is 0.0417 e. The molecule has 0 heterocycles. The topological polar surface area (TPSA) is 12.0 Å². The van der Waals surface area contributed by atoms with E-state index in [0.29, 0.717) is 0 Å². The minimum absolute atomic E-state index is 1.02. The predicted molar refractivity (Wildman–Crippen MR) is 60.7 cm³/mol. The molecule has 1 nitrogen and oxygen atoms in total. The highest BCUT2D eigenvalue weighted by molar-refractivity contribution is 7.80. The summed E-state index contributed by atoms with van der Waals surface area (Å²) in [6.07, 6.45) is 0. The van der Waals surface area contributed by atoms with Crippen molar-refractivity contribution in [3.63, 3.8) is 0 Å². The Kier molecular flexibility index (Phi) is 2.15. The molecule has 2 rings (SSSR count). The van der Waals surface area contributed by atoms with Crippen molar-refractivity contribution in [2.75, 3.05) is 12.4 Å². The van der Waals surface area contributed by atoms with Gasteiger partial charge in [0.05, 0.1) is 0 Å². The average molecular weight is 189 g/mol. The summed E-state index contributed by atoms with van der Waals surface area (Å²) in [5.74, 6) is 0. The molecular formula is C11H11NS. The molecule has 0 atom stereocenters. The molecule has 0 aliphatic carbocycles. The lowest BCUT2D eigenvalue weighted by molar-refractivity contribution is 1.51. The van der Waals surface area contributed by atoms with E-state index in [-0.39, 0.29) is 0 Å². The maximum atomic E-state index is 4.41. The van der Waals surface area contributed by atoms with Crippen LogP contribution in [0.15, 0.2) is 41.3 Å². The Morgan fingerprint density at radius 2 is 1.69 bits per heavy atom. The molecule has 2 heteroatoms. The fraction of sp³-hybridized carbons (Fsp3) is 0.0909. The smallest absolute Gasteiger partial charge is 0.0417 e. The lowest BCUT2D eigenvalue weighted by atomic mass is 10.1. The van der Waals surface area contributed by atoms with Crippen molar-refractivity contribution in [1.82, 2.24) is 0 Å². The second-order valence-corrected chi connectivity index (χ2v) is 3.41. The molecule has 13 heavy (non-hydrogen) atoms. The summed E-state index contributed by atoms with van der Waals surface area (Å²) in [6.45, 7) is 0. The zero-order valence-corrected chi connectivity index (χ0v) is 8.31. The Morgan fingerprint density at radius 1 is 1.00 bits per heavy atom. The number of benzene rings is 2. The molecule has 0 aliphatic heterocycles. The lowest BCUT2D eigenvalue weighted by Crippen LogP contribution is -1.88. The summed E-state index contributed by atoms with van der Waals surface area (Å²) in [5.41, 5.74) is 1.15. The first-order valence-electron chi connectivity index (χ1n) is 4.21. The van der Waals surface area contributed by atoms with Gasteiger partial charge in [-0.2, -0.15) is 0 Å². The van der Waals surface area contributed by atoms with Crippen LogP contribution in [0.2, 0.25) is 0 Å². The monoisotopic (exact) mass is 189 g/mol. The fourth-order valence-corrected chi connectivity index (χ4v) is 1.79. The van der Waals surface area contributed by atoms with Crippen molar-refractivity contribution in [2.24, 2.45) is 0 Å². The summed E-state index contributed by atoms with van der Waals surface area (Å²) < 4.78 is 0. The van der Waals surface area contributed by atoms with Crippen LogP contribution in [-0.2, 0) is 0 Å². The molecule has 0 bridgehead atoms. The van der Waals surface area contributed by atoms with E-state index in [9.17, 15) is 0 Å². The predicted octanol–water partition coefficient (Wildman–Crippen LogP) is 3.17. The lowest BCUT2D eigenvalue weighted by Gasteiger charge is -2.06. The molecule has 2 aromatic rings. The molecule has 0 fully saturated rings. The zero-order valence-electron chi connectivity index (χ0n) is 7.41. The van der Waals surface area contributed by atoms with Crippen molar-refractivity contribution in [1.29, 1.82) is 0 Å². The highest BCUT2D eigenvalue weighted by Crippen LogP contribution is 2.27. The summed E-state index contributed by atoms with van der Waals surface area (Å²) in [7, 11) is 1.93. The standard InChI is InChI=1S/C11H11NS/c1-12-10-6-2-5-9-8(10)4-3-7-11(9)13/h2-7,12-13H,1H3. The van der Waals surface area contributed by atoms with Crippen LogP contribution in [-0.4, -0.2) is 7.05 Å². The average Bonchev–Trinajstić information content (AvgIpc) is 2.18. The van der Waals surface area contributed by atoms with Crippen LogP contribution in [0.5, 0.6) is 0 Å². The van der Waals surface area contributed by atoms with Gasteiger partial charge in [-0.15, -0.1) is 12.6 Å². The highest BCUT2D eigenvalue weighted by atomic mass is 32.1. The number of anilines is 1. The molecule has 0 radical (unpaired) electrons. The zero-order chi connectivity index (χ0) is 9.26. The normalized spacial score (nSPS) is 10.3. The van der Waals surface area contributed by atoms with Gasteiger partial charge in [-0.05, 0) is 17.5 Å². The first-order valence-corrected chi connectivity index (χ1v) is 4.66. The van der Waals surface area contributed by atoms with E-state index in [4.69, 9.17) is 0 Å². The largest absolute Gasteiger partial charge is 0.388 e.